The number of phenolic OH excluding ortho intramolecular Hbond substituents is 1. The highest BCUT2D eigenvalue weighted by molar-refractivity contribution is 5.97. The Bertz CT molecular complexity index is 1110. The van der Waals surface area contributed by atoms with Crippen LogP contribution in [-0.4, -0.2) is 71.6 Å². The number of hydrogen-bond acceptors (Lipinski definition) is 5. The molecule has 2 saturated heterocycles. The maximum atomic E-state index is 13.4. The van der Waals surface area contributed by atoms with Gasteiger partial charge in [0.25, 0.3) is 5.91 Å². The number of piperazine rings is 1. The minimum atomic E-state index is -0.0536. The molecule has 1 atom stereocenters. The summed E-state index contributed by atoms with van der Waals surface area (Å²) in [5.41, 5.74) is 2.65. The molecule has 0 unspecified atom stereocenters. The smallest absolute Gasteiger partial charge is 0.257 e. The summed E-state index contributed by atoms with van der Waals surface area (Å²) in [6.45, 7) is 6.52. The van der Waals surface area contributed by atoms with E-state index in [0.717, 1.165) is 76.5 Å². The molecule has 182 valence electrons. The minimum Gasteiger partial charge on any atom is -0.507 e. The number of likely N-dealkylation sites (tertiary alicyclic amines) is 1. The number of nitrogens with zero attached hydrogens (tertiary/aromatic N) is 4. The maximum Gasteiger partial charge on any atom is 0.257 e. The summed E-state index contributed by atoms with van der Waals surface area (Å²) in [7, 11) is 0. The van der Waals surface area contributed by atoms with Crippen molar-refractivity contribution in [2.45, 2.75) is 19.3 Å². The molecule has 2 aliphatic rings. The Kier molecular flexibility index (Phi) is 7.28. The monoisotopic (exact) mass is 470 g/mol. The lowest BCUT2D eigenvalue weighted by molar-refractivity contribution is 0.0634. The van der Waals surface area contributed by atoms with Gasteiger partial charge in [0.1, 0.15) is 11.6 Å². The number of piperidine rings is 1. The molecule has 0 saturated carbocycles. The third-order valence-electron chi connectivity index (χ3n) is 7.21. The lowest BCUT2D eigenvalue weighted by Crippen LogP contribution is -2.50. The maximum absolute atomic E-state index is 13.4. The first-order valence-electron chi connectivity index (χ1n) is 12.7. The van der Waals surface area contributed by atoms with Crippen molar-refractivity contribution in [1.29, 1.82) is 0 Å². The molecule has 5 rings (SSSR count). The molecule has 0 spiro atoms. The van der Waals surface area contributed by atoms with Gasteiger partial charge in [-0.1, -0.05) is 42.5 Å². The molecule has 6 heteroatoms. The van der Waals surface area contributed by atoms with Gasteiger partial charge in [-0.05, 0) is 60.6 Å². The highest BCUT2D eigenvalue weighted by Crippen LogP contribution is 2.26. The van der Waals surface area contributed by atoms with Crippen molar-refractivity contribution in [2.24, 2.45) is 5.92 Å². The van der Waals surface area contributed by atoms with Gasteiger partial charge in [0, 0.05) is 52.0 Å². The zero-order valence-electron chi connectivity index (χ0n) is 20.2. The number of carbonyl (C=O) groups is 1. The Morgan fingerprint density at radius 1 is 0.914 bits per heavy atom. The SMILES string of the molecule is O=C(c1cc(Cc2ccccc2)ccc1O)N1CCC[C@H](CN2CCN(c3ccccn3)CC2)C1. The highest BCUT2D eigenvalue weighted by Gasteiger charge is 2.28. The van der Waals surface area contributed by atoms with E-state index in [1.54, 1.807) is 6.07 Å². The van der Waals surface area contributed by atoms with Gasteiger partial charge in [-0.25, -0.2) is 4.98 Å². The quantitative estimate of drug-likeness (QED) is 0.589. The highest BCUT2D eigenvalue weighted by atomic mass is 16.3. The van der Waals surface area contributed by atoms with E-state index in [-0.39, 0.29) is 11.7 Å². The standard InChI is InChI=1S/C29H34N4O2/c34-27-12-11-24(19-23-7-2-1-3-8-23)20-26(27)29(35)33-14-6-9-25(22-33)21-31-15-17-32(18-16-31)28-10-4-5-13-30-28/h1-5,7-8,10-13,20,25,34H,6,9,14-19,21-22H2/t25-/m1/s1. The normalized spacial score (nSPS) is 19.0. The van der Waals surface area contributed by atoms with Crippen LogP contribution in [0.1, 0.15) is 34.3 Å². The van der Waals surface area contributed by atoms with Crippen molar-refractivity contribution in [3.8, 4) is 5.75 Å². The molecule has 2 fully saturated rings. The summed E-state index contributed by atoms with van der Waals surface area (Å²) in [6.07, 6.45) is 4.75. The second-order valence-corrected chi connectivity index (χ2v) is 9.75. The number of anilines is 1. The first-order valence-corrected chi connectivity index (χ1v) is 12.7. The molecular weight excluding hydrogens is 436 g/mol. The Morgan fingerprint density at radius 2 is 1.71 bits per heavy atom. The molecule has 6 nitrogen and oxygen atoms in total. The largest absolute Gasteiger partial charge is 0.507 e. The molecule has 3 aromatic rings. The topological polar surface area (TPSA) is 59.9 Å². The molecule has 1 N–H and O–H groups in total. The Hall–Kier alpha value is -3.38. The summed E-state index contributed by atoms with van der Waals surface area (Å²) in [4.78, 5) is 24.7. The van der Waals surface area contributed by atoms with Crippen molar-refractivity contribution in [3.05, 3.63) is 89.6 Å². The molecule has 3 heterocycles. The van der Waals surface area contributed by atoms with Crippen LogP contribution in [0.2, 0.25) is 0 Å². The van der Waals surface area contributed by atoms with Crippen molar-refractivity contribution in [1.82, 2.24) is 14.8 Å². The summed E-state index contributed by atoms with van der Waals surface area (Å²) >= 11 is 0. The van der Waals surface area contributed by atoms with Gasteiger partial charge < -0.3 is 14.9 Å². The number of amides is 1. The van der Waals surface area contributed by atoms with Gasteiger partial charge >= 0.3 is 0 Å². The average molecular weight is 471 g/mol. The Labute approximate surface area is 207 Å². The molecule has 0 aliphatic carbocycles. The summed E-state index contributed by atoms with van der Waals surface area (Å²) in [6, 6.07) is 21.7. The van der Waals surface area contributed by atoms with Crippen LogP contribution in [0.15, 0.2) is 72.9 Å². The summed E-state index contributed by atoms with van der Waals surface area (Å²) in [5, 5.41) is 10.5. The number of rotatable bonds is 6. The summed E-state index contributed by atoms with van der Waals surface area (Å²) in [5.74, 6) is 1.53. The first-order chi connectivity index (χ1) is 17.2. The van der Waals surface area contributed by atoms with E-state index in [0.29, 0.717) is 11.5 Å². The van der Waals surface area contributed by atoms with Crippen molar-refractivity contribution in [2.75, 3.05) is 50.7 Å². The van der Waals surface area contributed by atoms with Crippen molar-refractivity contribution < 1.29 is 9.90 Å². The number of hydrogen-bond donors (Lipinski definition) is 1. The van der Waals surface area contributed by atoms with Crippen LogP contribution in [0.4, 0.5) is 5.82 Å². The third kappa shape index (κ3) is 5.82. The van der Waals surface area contributed by atoms with Crippen LogP contribution >= 0.6 is 0 Å². The van der Waals surface area contributed by atoms with Crippen LogP contribution in [0.5, 0.6) is 5.75 Å². The number of phenols is 1. The van der Waals surface area contributed by atoms with E-state index in [4.69, 9.17) is 0 Å². The second kappa shape index (κ2) is 10.9. The molecule has 2 aliphatic heterocycles. The first kappa shape index (κ1) is 23.4. The zero-order chi connectivity index (χ0) is 24.0. The van der Waals surface area contributed by atoms with Gasteiger partial charge in [-0.2, -0.15) is 0 Å². The number of aromatic hydroxyl groups is 1. The number of benzene rings is 2. The van der Waals surface area contributed by atoms with Crippen molar-refractivity contribution >= 4 is 11.7 Å². The fourth-order valence-electron chi connectivity index (χ4n) is 5.33. The van der Waals surface area contributed by atoms with Gasteiger partial charge in [0.2, 0.25) is 0 Å². The molecule has 35 heavy (non-hydrogen) atoms. The molecular formula is C29H34N4O2. The van der Waals surface area contributed by atoms with Crippen LogP contribution < -0.4 is 4.90 Å². The zero-order valence-corrected chi connectivity index (χ0v) is 20.2. The number of pyridine rings is 1. The fraction of sp³-hybridized carbons (Fsp3) is 0.379. The lowest BCUT2D eigenvalue weighted by atomic mass is 9.95. The van der Waals surface area contributed by atoms with E-state index in [2.05, 4.69) is 33.0 Å². The van der Waals surface area contributed by atoms with Crippen LogP contribution in [0.3, 0.4) is 0 Å². The van der Waals surface area contributed by atoms with Crippen LogP contribution in [-0.2, 0) is 6.42 Å². The lowest BCUT2D eigenvalue weighted by Gasteiger charge is -2.39. The third-order valence-corrected chi connectivity index (χ3v) is 7.21. The Morgan fingerprint density at radius 3 is 2.49 bits per heavy atom. The van der Waals surface area contributed by atoms with Crippen LogP contribution in [0.25, 0.3) is 0 Å². The fourth-order valence-corrected chi connectivity index (χ4v) is 5.33. The van der Waals surface area contributed by atoms with Crippen molar-refractivity contribution in [3.63, 3.8) is 0 Å². The number of aromatic nitrogens is 1. The molecule has 0 radical (unpaired) electrons. The van der Waals surface area contributed by atoms with E-state index < -0.39 is 0 Å². The van der Waals surface area contributed by atoms with Crippen LogP contribution in [0, 0.1) is 5.92 Å². The summed E-state index contributed by atoms with van der Waals surface area (Å²) < 4.78 is 0. The predicted octanol–water partition coefficient (Wildman–Crippen LogP) is 4.05. The van der Waals surface area contributed by atoms with E-state index in [1.807, 2.05) is 53.6 Å². The molecule has 1 aromatic heterocycles. The second-order valence-electron chi connectivity index (χ2n) is 9.75. The Balaban J connectivity index is 1.18. The van der Waals surface area contributed by atoms with Gasteiger partial charge in [0.15, 0.2) is 0 Å². The van der Waals surface area contributed by atoms with Gasteiger partial charge in [0.05, 0.1) is 5.56 Å². The minimum absolute atomic E-state index is 0.0536. The van der Waals surface area contributed by atoms with E-state index in [1.165, 1.54) is 5.56 Å². The average Bonchev–Trinajstić information content (AvgIpc) is 2.91. The molecule has 1 amide bonds. The molecule has 0 bridgehead atoms. The predicted molar refractivity (Wildman–Crippen MR) is 139 cm³/mol. The molecule has 2 aromatic carbocycles. The number of carbonyl (C=O) groups excluding carboxylic acids is 1. The van der Waals surface area contributed by atoms with E-state index in [9.17, 15) is 9.90 Å². The van der Waals surface area contributed by atoms with Gasteiger partial charge in [-0.15, -0.1) is 0 Å². The van der Waals surface area contributed by atoms with Gasteiger partial charge in [-0.3, -0.25) is 9.69 Å². The van der Waals surface area contributed by atoms with E-state index >= 15 is 0 Å².